The molecule has 0 saturated heterocycles. The van der Waals surface area contributed by atoms with E-state index in [1.165, 1.54) is 135 Å². The summed E-state index contributed by atoms with van der Waals surface area (Å²) < 4.78 is 0. The van der Waals surface area contributed by atoms with Crippen LogP contribution in [0.4, 0.5) is 0 Å². The molecule has 5 heteroatoms. The minimum absolute atomic E-state index is 0. The van der Waals surface area contributed by atoms with E-state index >= 15 is 0 Å². The Kier molecular flexibility index (Phi) is 52.9. The van der Waals surface area contributed by atoms with Crippen molar-refractivity contribution < 1.29 is 19.8 Å². The van der Waals surface area contributed by atoms with Crippen LogP contribution in [0.5, 0.6) is 0 Å². The van der Waals surface area contributed by atoms with Crippen LogP contribution in [0.2, 0.25) is 0 Å². The number of rotatable bonds is 27. The van der Waals surface area contributed by atoms with Crippen LogP contribution in [-0.2, 0) is 11.2 Å². The van der Waals surface area contributed by atoms with E-state index in [0.717, 1.165) is 44.1 Å². The maximum absolute atomic E-state index is 10.4. The van der Waals surface area contributed by atoms with E-state index in [9.17, 15) is 19.8 Å². The number of hydrogen-bond donors (Lipinski definition) is 0. The van der Waals surface area contributed by atoms with E-state index in [0.29, 0.717) is 0 Å². The molecular weight excluding hydrogens is 687 g/mol. The normalized spacial score (nSPS) is 9.91. The summed E-state index contributed by atoms with van der Waals surface area (Å²) in [7, 11) is 0. The van der Waals surface area contributed by atoms with E-state index in [1.54, 1.807) is 18.2 Å². The topological polar surface area (TPSA) is 80.3 Å². The van der Waals surface area contributed by atoms with Gasteiger partial charge in [0.15, 0.2) is 0 Å². The first-order valence-electron chi connectivity index (χ1n) is 19.4. The summed E-state index contributed by atoms with van der Waals surface area (Å²) in [5.41, 5.74) is 1.32. The number of carboxylic acid groups (broad SMARTS) is 2. The van der Waals surface area contributed by atoms with Gasteiger partial charge in [0, 0.05) is 5.97 Å². The smallest absolute Gasteiger partial charge is 0.550 e. The third kappa shape index (κ3) is 49.5. The van der Waals surface area contributed by atoms with Gasteiger partial charge < -0.3 is 19.8 Å². The Morgan fingerprint density at radius 1 is 0.532 bits per heavy atom. The molecule has 0 aliphatic carbocycles. The van der Waals surface area contributed by atoms with E-state index in [1.807, 2.05) is 6.07 Å². The number of carbonyl (C=O) groups excluding carboxylic acids is 2. The van der Waals surface area contributed by atoms with Crippen LogP contribution < -0.4 is 10.2 Å². The maximum Gasteiger partial charge on any atom is 2.00 e. The molecule has 0 amide bonds. The number of aryl methyl sites for hydroxylation is 1. The molecule has 47 heavy (non-hydrogen) atoms. The third-order valence-electron chi connectivity index (χ3n) is 7.89. The zero-order valence-electron chi connectivity index (χ0n) is 31.7. The molecule has 0 aliphatic heterocycles. The van der Waals surface area contributed by atoms with Gasteiger partial charge in [-0.25, -0.2) is 0 Å². The van der Waals surface area contributed by atoms with E-state index in [4.69, 9.17) is 0 Å². The van der Waals surface area contributed by atoms with Gasteiger partial charge in [-0.2, -0.15) is 0 Å². The Hall–Kier alpha value is -1.04. The molecule has 1 aromatic rings. The van der Waals surface area contributed by atoms with Crippen LogP contribution in [0.1, 0.15) is 217 Å². The van der Waals surface area contributed by atoms with Gasteiger partial charge in [0.25, 0.3) is 0 Å². The molecule has 0 heterocycles. The minimum atomic E-state index is -1.10. The fourth-order valence-corrected chi connectivity index (χ4v) is 4.84. The van der Waals surface area contributed by atoms with Crippen molar-refractivity contribution in [1.82, 2.24) is 0 Å². The summed E-state index contributed by atoms with van der Waals surface area (Å²) in [6, 6.07) is 6.89. The number of carbonyl (C=O) groups is 2. The molecular formula is C42H76O4Sn. The van der Waals surface area contributed by atoms with Crippen LogP contribution in [-0.4, -0.2) is 35.8 Å². The van der Waals surface area contributed by atoms with Crippen molar-refractivity contribution in [2.24, 2.45) is 0 Å². The Morgan fingerprint density at radius 3 is 1.15 bits per heavy atom. The Balaban J connectivity index is -0.000000360. The van der Waals surface area contributed by atoms with Crippen LogP contribution in [0.15, 0.2) is 24.3 Å². The first-order chi connectivity index (χ1) is 22.3. The average molecular weight is 764 g/mol. The molecule has 4 radical (unpaired) electrons. The Morgan fingerprint density at radius 2 is 0.872 bits per heavy atom. The summed E-state index contributed by atoms with van der Waals surface area (Å²) in [5.74, 6) is -2.00. The molecule has 0 bridgehead atoms. The predicted octanol–water partition coefficient (Wildman–Crippen LogP) is 11.2. The van der Waals surface area contributed by atoms with Gasteiger partial charge in [0.05, 0.1) is 5.97 Å². The standard InChI is InChI=1S/C24H48O2.C10H12O2.2C4H9.Sn/c1-2-3-4-5-6-7-8-9-10-11-12-13-14-15-16-17-18-19-20-21-22-23-24(25)26;1-2-4-8-5-3-6-9(7-8)10(11)12;2*1-3-4-2;/h2-23H2,1H3,(H,25,26);3,5-7H,2,4H2,1H3,(H,11,12);2*1,3-4H2,2H3;/q;;;;+2/p-2. The van der Waals surface area contributed by atoms with Crippen LogP contribution in [0, 0.1) is 13.8 Å². The summed E-state index contributed by atoms with van der Waals surface area (Å²) in [4.78, 5) is 20.7. The summed E-state index contributed by atoms with van der Waals surface area (Å²) >= 11 is 0. The number of aromatic carboxylic acids is 1. The van der Waals surface area contributed by atoms with Crippen LogP contribution in [0.25, 0.3) is 0 Å². The molecule has 0 unspecified atom stereocenters. The zero-order valence-corrected chi connectivity index (χ0v) is 34.5. The fraction of sp³-hybridized carbons (Fsp3) is 0.762. The monoisotopic (exact) mass is 764 g/mol. The first-order valence-corrected chi connectivity index (χ1v) is 19.4. The van der Waals surface area contributed by atoms with Crippen molar-refractivity contribution in [3.05, 3.63) is 49.2 Å². The Labute approximate surface area is 311 Å². The predicted molar refractivity (Wildman–Crippen MR) is 203 cm³/mol. The molecule has 1 rings (SSSR count). The maximum atomic E-state index is 10.4. The largest absolute Gasteiger partial charge is 2.00 e. The number of unbranched alkanes of at least 4 members (excludes halogenated alkanes) is 22. The molecule has 0 spiro atoms. The molecule has 0 atom stereocenters. The van der Waals surface area contributed by atoms with Gasteiger partial charge in [-0.05, 0) is 36.5 Å². The van der Waals surface area contributed by atoms with Gasteiger partial charge in [0.2, 0.25) is 0 Å². The molecule has 4 nitrogen and oxygen atoms in total. The number of hydrogen-bond acceptors (Lipinski definition) is 4. The van der Waals surface area contributed by atoms with Gasteiger partial charge in [-0.1, -0.05) is 220 Å². The van der Waals surface area contributed by atoms with E-state index < -0.39 is 11.9 Å². The first kappa shape index (κ1) is 52.8. The number of carboxylic acids is 2. The van der Waals surface area contributed by atoms with Crippen molar-refractivity contribution in [1.29, 1.82) is 0 Å². The molecule has 0 aromatic heterocycles. The van der Waals surface area contributed by atoms with Crippen LogP contribution in [0.3, 0.4) is 0 Å². The molecule has 0 aliphatic rings. The SMILES string of the molecule is CCCCCCCCCCCCCCCCCCCCCCCC(=O)[O-].CCCc1cccc(C(=O)[O-])c1.[CH2]CCC.[CH2]CCC.[Sn+2]. The summed E-state index contributed by atoms with van der Waals surface area (Å²) in [5, 5.41) is 20.7. The zero-order chi connectivity index (χ0) is 34.9. The summed E-state index contributed by atoms with van der Waals surface area (Å²) in [6.07, 6.45) is 35.2. The average Bonchev–Trinajstić information content (AvgIpc) is 3.06. The minimum Gasteiger partial charge on any atom is -0.550 e. The second kappa shape index (κ2) is 47.1. The van der Waals surface area contributed by atoms with E-state index in [2.05, 4.69) is 41.5 Å². The van der Waals surface area contributed by atoms with Gasteiger partial charge in [0.1, 0.15) is 0 Å². The van der Waals surface area contributed by atoms with Crippen LogP contribution >= 0.6 is 0 Å². The van der Waals surface area contributed by atoms with Crippen molar-refractivity contribution >= 4 is 35.8 Å². The second-order valence-electron chi connectivity index (χ2n) is 12.6. The van der Waals surface area contributed by atoms with Gasteiger partial charge >= 0.3 is 23.9 Å². The molecule has 272 valence electrons. The molecule has 0 fully saturated rings. The fourth-order valence-electron chi connectivity index (χ4n) is 4.84. The van der Waals surface area contributed by atoms with Crippen molar-refractivity contribution in [2.45, 2.75) is 207 Å². The quantitative estimate of drug-likeness (QED) is 0.0660. The van der Waals surface area contributed by atoms with Crippen molar-refractivity contribution in [3.8, 4) is 0 Å². The summed E-state index contributed by atoms with van der Waals surface area (Å²) in [6.45, 7) is 15.8. The van der Waals surface area contributed by atoms with Gasteiger partial charge in [-0.15, -0.1) is 0 Å². The van der Waals surface area contributed by atoms with Crippen molar-refractivity contribution in [3.63, 3.8) is 0 Å². The second-order valence-corrected chi connectivity index (χ2v) is 12.6. The third-order valence-corrected chi connectivity index (χ3v) is 7.89. The van der Waals surface area contributed by atoms with Gasteiger partial charge in [-0.3, -0.25) is 0 Å². The van der Waals surface area contributed by atoms with Crippen molar-refractivity contribution in [2.75, 3.05) is 0 Å². The number of aliphatic carboxylic acids is 1. The number of benzene rings is 1. The Bertz CT molecular complexity index is 729. The van der Waals surface area contributed by atoms with E-state index in [-0.39, 0.29) is 35.9 Å². The molecule has 0 N–H and O–H groups in total. The molecule has 0 saturated carbocycles. The molecule has 1 aromatic carbocycles.